The molecule has 0 saturated heterocycles. The molecule has 0 spiro atoms. The highest BCUT2D eigenvalue weighted by atomic mass is 16.5. The molecule has 0 amide bonds. The summed E-state index contributed by atoms with van der Waals surface area (Å²) in [7, 11) is 0. The highest BCUT2D eigenvalue weighted by molar-refractivity contribution is 5.86. The lowest BCUT2D eigenvalue weighted by Crippen LogP contribution is -2.29. The highest BCUT2D eigenvalue weighted by Gasteiger charge is 2.21. The van der Waals surface area contributed by atoms with Gasteiger partial charge in [0.1, 0.15) is 5.75 Å². The van der Waals surface area contributed by atoms with Crippen LogP contribution in [0.15, 0.2) is 66.7 Å². The lowest BCUT2D eigenvalue weighted by molar-refractivity contribution is -0.145. The van der Waals surface area contributed by atoms with Crippen LogP contribution in [-0.2, 0) is 11.2 Å². The first kappa shape index (κ1) is 15.1. The van der Waals surface area contributed by atoms with Crippen molar-refractivity contribution in [2.24, 2.45) is 0 Å². The van der Waals surface area contributed by atoms with Crippen LogP contribution in [0.5, 0.6) is 5.75 Å². The van der Waals surface area contributed by atoms with Crippen molar-refractivity contribution in [3.63, 3.8) is 0 Å². The second kappa shape index (κ2) is 6.53. The maximum absolute atomic E-state index is 11.6. The fourth-order valence-electron chi connectivity index (χ4n) is 2.69. The van der Waals surface area contributed by atoms with E-state index in [-0.39, 0.29) is 0 Å². The zero-order chi connectivity index (χ0) is 16.2. The van der Waals surface area contributed by atoms with Crippen LogP contribution in [0.2, 0.25) is 0 Å². The lowest BCUT2D eigenvalue weighted by Gasteiger charge is -2.17. The first-order chi connectivity index (χ1) is 11.1. The number of hydrogen-bond acceptors (Lipinski definition) is 2. The Morgan fingerprint density at radius 2 is 1.70 bits per heavy atom. The standard InChI is InChI=1S/C20H18O3/c1-14-7-2-5-12-18(14)23-19(20(21)22)13-16-10-6-9-15-8-3-4-11-17(15)16/h2-12,19H,13H2,1H3,(H,21,22)/t19-/m0/s1. The number of carboxylic acids is 1. The number of fused-ring (bicyclic) bond motifs is 1. The molecular formula is C20H18O3. The molecule has 116 valence electrons. The summed E-state index contributed by atoms with van der Waals surface area (Å²) in [5, 5.41) is 11.7. The highest BCUT2D eigenvalue weighted by Crippen LogP contribution is 2.23. The molecule has 0 aliphatic heterocycles. The molecule has 0 fully saturated rings. The van der Waals surface area contributed by atoms with E-state index in [2.05, 4.69) is 0 Å². The number of carboxylic acid groups (broad SMARTS) is 1. The van der Waals surface area contributed by atoms with E-state index in [0.717, 1.165) is 21.9 Å². The van der Waals surface area contributed by atoms with Gasteiger partial charge in [0.2, 0.25) is 0 Å². The van der Waals surface area contributed by atoms with Crippen LogP contribution in [0.25, 0.3) is 10.8 Å². The Morgan fingerprint density at radius 3 is 2.48 bits per heavy atom. The van der Waals surface area contributed by atoms with E-state index in [9.17, 15) is 9.90 Å². The normalized spacial score (nSPS) is 12.0. The Labute approximate surface area is 135 Å². The molecule has 0 aromatic heterocycles. The Bertz CT molecular complexity index is 834. The number of hydrogen-bond donors (Lipinski definition) is 1. The van der Waals surface area contributed by atoms with Crippen LogP contribution >= 0.6 is 0 Å². The zero-order valence-corrected chi connectivity index (χ0v) is 12.9. The Balaban J connectivity index is 1.90. The minimum absolute atomic E-state index is 0.324. The lowest BCUT2D eigenvalue weighted by atomic mass is 10.00. The van der Waals surface area contributed by atoms with E-state index >= 15 is 0 Å². The molecular weight excluding hydrogens is 288 g/mol. The third-order valence-corrected chi connectivity index (χ3v) is 3.92. The Kier molecular flexibility index (Phi) is 4.29. The van der Waals surface area contributed by atoms with Crippen molar-refractivity contribution in [2.45, 2.75) is 19.4 Å². The summed E-state index contributed by atoms with van der Waals surface area (Å²) in [6, 6.07) is 21.4. The predicted molar refractivity (Wildman–Crippen MR) is 90.9 cm³/mol. The van der Waals surface area contributed by atoms with Crippen LogP contribution in [0.4, 0.5) is 0 Å². The summed E-state index contributed by atoms with van der Waals surface area (Å²) in [6.45, 7) is 1.91. The first-order valence-corrected chi connectivity index (χ1v) is 7.57. The predicted octanol–water partition coefficient (Wildman–Crippen LogP) is 4.22. The molecule has 1 atom stereocenters. The van der Waals surface area contributed by atoms with Gasteiger partial charge in [0.25, 0.3) is 0 Å². The van der Waals surface area contributed by atoms with E-state index in [1.54, 1.807) is 6.07 Å². The van der Waals surface area contributed by atoms with Crippen LogP contribution in [-0.4, -0.2) is 17.2 Å². The van der Waals surface area contributed by atoms with Crippen LogP contribution in [0, 0.1) is 6.92 Å². The number of carbonyl (C=O) groups is 1. The van der Waals surface area contributed by atoms with Crippen LogP contribution in [0.1, 0.15) is 11.1 Å². The molecule has 0 radical (unpaired) electrons. The number of benzene rings is 3. The van der Waals surface area contributed by atoms with Gasteiger partial charge in [0.05, 0.1) is 0 Å². The van der Waals surface area contributed by atoms with Crippen molar-refractivity contribution in [2.75, 3.05) is 0 Å². The van der Waals surface area contributed by atoms with Gasteiger partial charge in [-0.05, 0) is 34.9 Å². The smallest absolute Gasteiger partial charge is 0.345 e. The Hall–Kier alpha value is -2.81. The maximum Gasteiger partial charge on any atom is 0.345 e. The quantitative estimate of drug-likeness (QED) is 0.767. The van der Waals surface area contributed by atoms with Gasteiger partial charge in [-0.2, -0.15) is 0 Å². The molecule has 3 aromatic carbocycles. The van der Waals surface area contributed by atoms with Crippen LogP contribution < -0.4 is 4.74 Å². The van der Waals surface area contributed by atoms with Crippen molar-refractivity contribution in [3.05, 3.63) is 77.9 Å². The minimum atomic E-state index is -0.957. The van der Waals surface area contributed by atoms with Crippen molar-refractivity contribution in [3.8, 4) is 5.75 Å². The average molecular weight is 306 g/mol. The van der Waals surface area contributed by atoms with Gasteiger partial charge in [-0.3, -0.25) is 0 Å². The molecule has 1 N–H and O–H groups in total. The number of aliphatic carboxylic acids is 1. The Morgan fingerprint density at radius 1 is 1.00 bits per heavy atom. The third-order valence-electron chi connectivity index (χ3n) is 3.92. The molecule has 0 aliphatic rings. The molecule has 0 saturated carbocycles. The minimum Gasteiger partial charge on any atom is -0.478 e. The molecule has 0 heterocycles. The zero-order valence-electron chi connectivity index (χ0n) is 12.9. The number of ether oxygens (including phenoxy) is 1. The fraction of sp³-hybridized carbons (Fsp3) is 0.150. The van der Waals surface area contributed by atoms with Crippen molar-refractivity contribution in [1.29, 1.82) is 0 Å². The largest absolute Gasteiger partial charge is 0.478 e. The van der Waals surface area contributed by atoms with E-state index in [1.165, 1.54) is 0 Å². The third kappa shape index (κ3) is 3.34. The average Bonchev–Trinajstić information content (AvgIpc) is 2.56. The number of aryl methyl sites for hydroxylation is 1. The fourth-order valence-corrected chi connectivity index (χ4v) is 2.69. The number of para-hydroxylation sites is 1. The molecule has 3 aromatic rings. The summed E-state index contributed by atoms with van der Waals surface area (Å²) in [6.07, 6.45) is -0.590. The first-order valence-electron chi connectivity index (χ1n) is 7.57. The monoisotopic (exact) mass is 306 g/mol. The second-order valence-corrected chi connectivity index (χ2v) is 5.55. The van der Waals surface area contributed by atoms with Gasteiger partial charge in [-0.15, -0.1) is 0 Å². The van der Waals surface area contributed by atoms with Gasteiger partial charge in [0.15, 0.2) is 6.10 Å². The summed E-state index contributed by atoms with van der Waals surface area (Å²) in [5.74, 6) is -0.346. The van der Waals surface area contributed by atoms with E-state index in [4.69, 9.17) is 4.74 Å². The molecule has 0 aliphatic carbocycles. The maximum atomic E-state index is 11.6. The molecule has 0 unspecified atom stereocenters. The van der Waals surface area contributed by atoms with Gasteiger partial charge in [-0.1, -0.05) is 60.7 Å². The summed E-state index contributed by atoms with van der Waals surface area (Å²) in [4.78, 5) is 11.6. The SMILES string of the molecule is Cc1ccccc1O[C@@H](Cc1cccc2ccccc12)C(=O)O. The molecule has 3 heteroatoms. The van der Waals surface area contributed by atoms with Crippen LogP contribution in [0.3, 0.4) is 0 Å². The van der Waals surface area contributed by atoms with Gasteiger partial charge in [0, 0.05) is 6.42 Å². The topological polar surface area (TPSA) is 46.5 Å². The molecule has 3 nitrogen and oxygen atoms in total. The van der Waals surface area contributed by atoms with Crippen molar-refractivity contribution in [1.82, 2.24) is 0 Å². The molecule has 23 heavy (non-hydrogen) atoms. The molecule has 0 bridgehead atoms. The van der Waals surface area contributed by atoms with Gasteiger partial charge >= 0.3 is 5.97 Å². The van der Waals surface area contributed by atoms with E-state index in [0.29, 0.717) is 12.2 Å². The number of rotatable bonds is 5. The second-order valence-electron chi connectivity index (χ2n) is 5.55. The van der Waals surface area contributed by atoms with Crippen molar-refractivity contribution >= 4 is 16.7 Å². The van der Waals surface area contributed by atoms with E-state index in [1.807, 2.05) is 67.6 Å². The molecule has 3 rings (SSSR count). The van der Waals surface area contributed by atoms with E-state index < -0.39 is 12.1 Å². The van der Waals surface area contributed by atoms with Gasteiger partial charge in [-0.25, -0.2) is 4.79 Å². The summed E-state index contributed by atoms with van der Waals surface area (Å²) >= 11 is 0. The van der Waals surface area contributed by atoms with Crippen molar-refractivity contribution < 1.29 is 14.6 Å². The summed E-state index contributed by atoms with van der Waals surface area (Å²) in [5.41, 5.74) is 1.90. The summed E-state index contributed by atoms with van der Waals surface area (Å²) < 4.78 is 5.76. The van der Waals surface area contributed by atoms with Gasteiger partial charge < -0.3 is 9.84 Å².